The molecule has 0 aliphatic heterocycles. The van der Waals surface area contributed by atoms with Gasteiger partial charge in [-0.05, 0) is 64.0 Å². The molecule has 5 heteroatoms. The highest BCUT2D eigenvalue weighted by atomic mass is 79.9. The Morgan fingerprint density at radius 3 is 2.23 bits per heavy atom. The lowest BCUT2D eigenvalue weighted by Gasteiger charge is -2.14. The number of carbonyl (C=O) groups is 2. The van der Waals surface area contributed by atoms with Crippen molar-refractivity contribution in [2.45, 2.75) is 6.92 Å². The van der Waals surface area contributed by atoms with Gasteiger partial charge < -0.3 is 10.6 Å². The van der Waals surface area contributed by atoms with E-state index in [2.05, 4.69) is 26.6 Å². The first-order chi connectivity index (χ1) is 14.5. The fraction of sp³-hybridized carbons (Fsp3) is 0.0400. The van der Waals surface area contributed by atoms with Gasteiger partial charge in [-0.1, -0.05) is 60.2 Å². The van der Waals surface area contributed by atoms with Crippen LogP contribution in [-0.2, 0) is 0 Å². The topological polar surface area (TPSA) is 58.2 Å². The minimum absolute atomic E-state index is 0.280. The zero-order valence-corrected chi connectivity index (χ0v) is 17.9. The van der Waals surface area contributed by atoms with Gasteiger partial charge >= 0.3 is 0 Å². The van der Waals surface area contributed by atoms with Crippen LogP contribution in [0.4, 0.5) is 11.4 Å². The Morgan fingerprint density at radius 2 is 1.43 bits per heavy atom. The Hall–Kier alpha value is -3.44. The van der Waals surface area contributed by atoms with Gasteiger partial charge in [0.25, 0.3) is 11.8 Å². The van der Waals surface area contributed by atoms with Crippen molar-refractivity contribution < 1.29 is 9.59 Å². The number of carbonyl (C=O) groups excluding carboxylic acids is 2. The van der Waals surface area contributed by atoms with Gasteiger partial charge in [-0.2, -0.15) is 0 Å². The third-order valence-electron chi connectivity index (χ3n) is 4.81. The summed E-state index contributed by atoms with van der Waals surface area (Å²) in [6.45, 7) is 1.91. The first-order valence-corrected chi connectivity index (χ1v) is 10.3. The molecule has 0 aliphatic carbocycles. The molecule has 0 radical (unpaired) electrons. The van der Waals surface area contributed by atoms with Crippen LogP contribution in [0.2, 0.25) is 0 Å². The molecule has 0 spiro atoms. The number of aryl methyl sites for hydroxylation is 1. The van der Waals surface area contributed by atoms with E-state index < -0.39 is 0 Å². The number of hydrogen-bond donors (Lipinski definition) is 2. The van der Waals surface area contributed by atoms with E-state index in [1.165, 1.54) is 0 Å². The molecule has 0 bridgehead atoms. The van der Waals surface area contributed by atoms with Crippen LogP contribution in [0.5, 0.6) is 0 Å². The minimum atomic E-state index is -0.287. The fourth-order valence-electron chi connectivity index (χ4n) is 3.27. The highest BCUT2D eigenvalue weighted by Crippen LogP contribution is 2.29. The summed E-state index contributed by atoms with van der Waals surface area (Å²) in [5.74, 6) is -0.567. The number of fused-ring (bicyclic) bond motifs is 1. The number of nitrogens with one attached hydrogen (secondary N) is 2. The molecular weight excluding hydrogens is 440 g/mol. The molecular formula is C25H19BrN2O2. The predicted octanol–water partition coefficient (Wildman–Crippen LogP) is 6.42. The summed E-state index contributed by atoms with van der Waals surface area (Å²) in [7, 11) is 0. The molecule has 148 valence electrons. The van der Waals surface area contributed by atoms with Gasteiger partial charge in [0.05, 0.1) is 16.8 Å². The summed E-state index contributed by atoms with van der Waals surface area (Å²) < 4.78 is 0.723. The highest BCUT2D eigenvalue weighted by Gasteiger charge is 2.17. The SMILES string of the molecule is Cc1ccc(NC(=O)c2ccc3ccccc3c2Br)c(C(=O)Nc2ccccc2)c1. The van der Waals surface area contributed by atoms with Crippen molar-refractivity contribution in [1.82, 2.24) is 0 Å². The first-order valence-electron chi connectivity index (χ1n) is 9.48. The standard InChI is InChI=1S/C25H19BrN2O2/c1-16-11-14-22(21(15-16)25(30)27-18-8-3-2-4-9-18)28-24(29)20-13-12-17-7-5-6-10-19(17)23(20)26/h2-15H,1H3,(H,27,30)(H,28,29). The normalized spacial score (nSPS) is 10.6. The molecule has 4 nitrogen and oxygen atoms in total. The van der Waals surface area contributed by atoms with Crippen LogP contribution < -0.4 is 10.6 Å². The second-order valence-corrected chi connectivity index (χ2v) is 7.76. The average Bonchev–Trinajstić information content (AvgIpc) is 2.76. The largest absolute Gasteiger partial charge is 0.322 e. The molecule has 0 heterocycles. The quantitative estimate of drug-likeness (QED) is 0.370. The van der Waals surface area contributed by atoms with E-state index >= 15 is 0 Å². The Bertz CT molecular complexity index is 1250. The summed E-state index contributed by atoms with van der Waals surface area (Å²) >= 11 is 3.56. The molecule has 0 fully saturated rings. The summed E-state index contributed by atoms with van der Waals surface area (Å²) in [6.07, 6.45) is 0. The zero-order chi connectivity index (χ0) is 21.1. The molecule has 0 saturated carbocycles. The zero-order valence-electron chi connectivity index (χ0n) is 16.3. The van der Waals surface area contributed by atoms with E-state index in [-0.39, 0.29) is 11.8 Å². The number of halogens is 1. The highest BCUT2D eigenvalue weighted by molar-refractivity contribution is 9.10. The number of hydrogen-bond acceptors (Lipinski definition) is 2. The maximum absolute atomic E-state index is 13.0. The Morgan fingerprint density at radius 1 is 0.733 bits per heavy atom. The maximum Gasteiger partial charge on any atom is 0.257 e. The van der Waals surface area contributed by atoms with Crippen LogP contribution in [-0.4, -0.2) is 11.8 Å². The smallest absolute Gasteiger partial charge is 0.257 e. The molecule has 4 aromatic rings. The van der Waals surface area contributed by atoms with Crippen molar-refractivity contribution in [2.75, 3.05) is 10.6 Å². The summed E-state index contributed by atoms with van der Waals surface area (Å²) in [5, 5.41) is 7.77. The number of amides is 2. The Balaban J connectivity index is 1.64. The van der Waals surface area contributed by atoms with Crippen LogP contribution in [0.15, 0.2) is 89.4 Å². The second-order valence-electron chi connectivity index (χ2n) is 6.97. The van der Waals surface area contributed by atoms with Gasteiger partial charge in [0.1, 0.15) is 0 Å². The molecule has 0 aromatic heterocycles. The summed E-state index contributed by atoms with van der Waals surface area (Å²) in [6, 6.07) is 26.1. The lowest BCUT2D eigenvalue weighted by Crippen LogP contribution is -2.19. The summed E-state index contributed by atoms with van der Waals surface area (Å²) in [5.41, 5.74) is 2.99. The van der Waals surface area contributed by atoms with Crippen molar-refractivity contribution in [3.8, 4) is 0 Å². The number of rotatable bonds is 4. The van der Waals surface area contributed by atoms with Crippen LogP contribution in [0.25, 0.3) is 10.8 Å². The molecule has 0 aliphatic rings. The molecule has 0 unspecified atom stereocenters. The van der Waals surface area contributed by atoms with Crippen molar-refractivity contribution in [2.24, 2.45) is 0 Å². The molecule has 2 amide bonds. The lowest BCUT2D eigenvalue weighted by atomic mass is 10.1. The van der Waals surface area contributed by atoms with E-state index in [4.69, 9.17) is 0 Å². The summed E-state index contributed by atoms with van der Waals surface area (Å²) in [4.78, 5) is 25.9. The van der Waals surface area contributed by atoms with Crippen LogP contribution in [0.3, 0.4) is 0 Å². The van der Waals surface area contributed by atoms with Crippen LogP contribution in [0, 0.1) is 6.92 Å². The van der Waals surface area contributed by atoms with Gasteiger partial charge in [-0.15, -0.1) is 0 Å². The third-order valence-corrected chi connectivity index (χ3v) is 5.66. The van der Waals surface area contributed by atoms with E-state index in [0.717, 1.165) is 20.8 Å². The van der Waals surface area contributed by atoms with Crippen molar-refractivity contribution >= 4 is 49.9 Å². The monoisotopic (exact) mass is 458 g/mol. The average molecular weight is 459 g/mol. The molecule has 4 rings (SSSR count). The Kier molecular flexibility index (Phi) is 5.63. The van der Waals surface area contributed by atoms with Crippen molar-refractivity contribution in [3.63, 3.8) is 0 Å². The second kappa shape index (κ2) is 8.51. The van der Waals surface area contributed by atoms with Gasteiger partial charge in [0.2, 0.25) is 0 Å². The first kappa shape index (κ1) is 19.9. The van der Waals surface area contributed by atoms with Gasteiger partial charge in [0.15, 0.2) is 0 Å². The molecule has 0 atom stereocenters. The van der Waals surface area contributed by atoms with Crippen molar-refractivity contribution in [1.29, 1.82) is 0 Å². The lowest BCUT2D eigenvalue weighted by molar-refractivity contribution is 0.102. The Labute approximate surface area is 183 Å². The van der Waals surface area contributed by atoms with Gasteiger partial charge in [-0.3, -0.25) is 9.59 Å². The molecule has 4 aromatic carbocycles. The van der Waals surface area contributed by atoms with Gasteiger partial charge in [-0.25, -0.2) is 0 Å². The van der Waals surface area contributed by atoms with E-state index in [9.17, 15) is 9.59 Å². The maximum atomic E-state index is 13.0. The predicted molar refractivity (Wildman–Crippen MR) is 125 cm³/mol. The van der Waals surface area contributed by atoms with E-state index in [1.807, 2.05) is 73.7 Å². The van der Waals surface area contributed by atoms with Crippen molar-refractivity contribution in [3.05, 3.63) is 106 Å². The van der Waals surface area contributed by atoms with E-state index in [1.54, 1.807) is 18.2 Å². The minimum Gasteiger partial charge on any atom is -0.322 e. The van der Waals surface area contributed by atoms with Crippen LogP contribution >= 0.6 is 15.9 Å². The fourth-order valence-corrected chi connectivity index (χ4v) is 3.95. The van der Waals surface area contributed by atoms with E-state index in [0.29, 0.717) is 22.5 Å². The third kappa shape index (κ3) is 4.11. The molecule has 0 saturated heterocycles. The number of benzene rings is 4. The number of anilines is 2. The van der Waals surface area contributed by atoms with Crippen LogP contribution in [0.1, 0.15) is 26.3 Å². The van der Waals surface area contributed by atoms with Gasteiger partial charge in [0, 0.05) is 10.2 Å². The molecule has 2 N–H and O–H groups in total. The molecule has 30 heavy (non-hydrogen) atoms. The number of para-hydroxylation sites is 1.